The molecule has 0 amide bonds. The monoisotopic (exact) mass is 283 g/mol. The Balaban J connectivity index is 1.63. The lowest BCUT2D eigenvalue weighted by atomic mass is 9.74. The van der Waals surface area contributed by atoms with Gasteiger partial charge in [-0.1, -0.05) is 49.6 Å². The molecule has 5 unspecified atom stereocenters. The fraction of sp³-hybridized carbons (Fsp3) is 0.700. The Morgan fingerprint density at radius 2 is 1.90 bits per heavy atom. The first-order chi connectivity index (χ1) is 10.3. The molecule has 0 radical (unpaired) electrons. The average Bonchev–Trinajstić information content (AvgIpc) is 3.01. The molecule has 0 N–H and O–H groups in total. The molecule has 3 heterocycles. The molecule has 114 valence electrons. The number of hydrogen-bond acceptors (Lipinski definition) is 1. The number of unbranched alkanes of at least 4 members (excludes halogenated alkanes) is 1. The minimum absolute atomic E-state index is 0.825. The second kappa shape index (κ2) is 5.43. The zero-order valence-corrected chi connectivity index (χ0v) is 13.6. The van der Waals surface area contributed by atoms with Crippen LogP contribution >= 0.6 is 0 Å². The standard InChI is InChI=1S/C20H29N/c1-3-4-5-17-18(15-8-6-14(2)7-9-15)13-19-16-10-11-21(19)20(17)12-16/h6-9,16-20H,3-5,10-13H2,1-2H3/t16?,17?,18-,19?,20?/m0/s1. The number of benzene rings is 1. The second-order valence-electron chi connectivity index (χ2n) is 7.72. The summed E-state index contributed by atoms with van der Waals surface area (Å²) >= 11 is 0. The first-order valence-electron chi connectivity index (χ1n) is 9.10. The topological polar surface area (TPSA) is 3.24 Å². The molecule has 4 rings (SSSR count). The third kappa shape index (κ3) is 2.25. The highest BCUT2D eigenvalue weighted by atomic mass is 15.3. The van der Waals surface area contributed by atoms with Crippen molar-refractivity contribution in [3.8, 4) is 0 Å². The van der Waals surface area contributed by atoms with Gasteiger partial charge in [0.2, 0.25) is 0 Å². The maximum Gasteiger partial charge on any atom is 0.0136 e. The lowest BCUT2D eigenvalue weighted by molar-refractivity contribution is 0.0830. The summed E-state index contributed by atoms with van der Waals surface area (Å²) in [4.78, 5) is 2.90. The van der Waals surface area contributed by atoms with E-state index in [0.29, 0.717) is 0 Å². The number of nitrogens with zero attached hydrogens (tertiary/aromatic N) is 1. The van der Waals surface area contributed by atoms with Gasteiger partial charge in [-0.25, -0.2) is 0 Å². The molecule has 3 saturated heterocycles. The molecule has 3 aliphatic heterocycles. The van der Waals surface area contributed by atoms with Crippen molar-refractivity contribution in [3.05, 3.63) is 35.4 Å². The molecule has 1 aromatic rings. The Bertz CT molecular complexity index is 491. The van der Waals surface area contributed by atoms with Crippen LogP contribution in [0.1, 0.15) is 62.5 Å². The number of hydrogen-bond donors (Lipinski definition) is 0. The van der Waals surface area contributed by atoms with Crippen molar-refractivity contribution in [1.82, 2.24) is 4.90 Å². The van der Waals surface area contributed by atoms with Crippen molar-refractivity contribution in [2.24, 2.45) is 11.8 Å². The Kier molecular flexibility index (Phi) is 3.57. The van der Waals surface area contributed by atoms with E-state index >= 15 is 0 Å². The van der Waals surface area contributed by atoms with E-state index in [1.54, 1.807) is 5.56 Å². The third-order valence-electron chi connectivity index (χ3n) is 6.60. The van der Waals surface area contributed by atoms with Crippen LogP contribution in [0.3, 0.4) is 0 Å². The van der Waals surface area contributed by atoms with Gasteiger partial charge in [-0.2, -0.15) is 0 Å². The normalized spacial score (nSPS) is 40.7. The highest BCUT2D eigenvalue weighted by Crippen LogP contribution is 2.54. The van der Waals surface area contributed by atoms with Crippen molar-refractivity contribution in [3.63, 3.8) is 0 Å². The van der Waals surface area contributed by atoms with Gasteiger partial charge in [-0.15, -0.1) is 0 Å². The molecule has 21 heavy (non-hydrogen) atoms. The van der Waals surface area contributed by atoms with Crippen molar-refractivity contribution in [2.45, 2.75) is 70.4 Å². The van der Waals surface area contributed by atoms with E-state index in [1.165, 1.54) is 50.6 Å². The van der Waals surface area contributed by atoms with Crippen molar-refractivity contribution >= 4 is 0 Å². The molecule has 3 fully saturated rings. The molecule has 1 heteroatoms. The lowest BCUT2D eigenvalue weighted by Gasteiger charge is -2.44. The van der Waals surface area contributed by atoms with Crippen LogP contribution in [0.2, 0.25) is 0 Å². The first-order valence-corrected chi connectivity index (χ1v) is 9.10. The van der Waals surface area contributed by atoms with E-state index in [9.17, 15) is 0 Å². The SMILES string of the molecule is CCCCC1C2CC3CCN2C3C[C@H]1c1ccc(C)cc1. The quantitative estimate of drug-likeness (QED) is 0.770. The summed E-state index contributed by atoms with van der Waals surface area (Å²) in [6, 6.07) is 11.3. The van der Waals surface area contributed by atoms with E-state index in [2.05, 4.69) is 43.0 Å². The van der Waals surface area contributed by atoms with E-state index in [0.717, 1.165) is 29.8 Å². The highest BCUT2D eigenvalue weighted by Gasteiger charge is 2.54. The number of piperidine rings is 2. The van der Waals surface area contributed by atoms with Crippen molar-refractivity contribution in [1.29, 1.82) is 0 Å². The van der Waals surface area contributed by atoms with Gasteiger partial charge in [0.15, 0.2) is 0 Å². The third-order valence-corrected chi connectivity index (χ3v) is 6.60. The van der Waals surface area contributed by atoms with Crippen LogP contribution in [-0.4, -0.2) is 23.5 Å². The van der Waals surface area contributed by atoms with E-state index in [-0.39, 0.29) is 0 Å². The summed E-state index contributed by atoms with van der Waals surface area (Å²) in [5.74, 6) is 2.76. The van der Waals surface area contributed by atoms with Crippen molar-refractivity contribution in [2.75, 3.05) is 6.54 Å². The Labute approximate surface area is 129 Å². The van der Waals surface area contributed by atoms with Gasteiger partial charge in [-0.3, -0.25) is 4.90 Å². The van der Waals surface area contributed by atoms with Crippen LogP contribution in [0.4, 0.5) is 0 Å². The van der Waals surface area contributed by atoms with Gasteiger partial charge in [-0.05, 0) is 62.5 Å². The Morgan fingerprint density at radius 3 is 2.67 bits per heavy atom. The molecule has 0 aromatic heterocycles. The second-order valence-corrected chi connectivity index (χ2v) is 7.72. The number of aryl methyl sites for hydroxylation is 1. The molecule has 1 nitrogen and oxygen atoms in total. The van der Waals surface area contributed by atoms with Crippen LogP contribution in [-0.2, 0) is 0 Å². The molecule has 6 atom stereocenters. The molecule has 4 bridgehead atoms. The van der Waals surface area contributed by atoms with Crippen LogP contribution < -0.4 is 0 Å². The molecule has 0 aliphatic carbocycles. The smallest absolute Gasteiger partial charge is 0.0136 e. The summed E-state index contributed by atoms with van der Waals surface area (Å²) in [7, 11) is 0. The zero-order chi connectivity index (χ0) is 14.4. The van der Waals surface area contributed by atoms with Gasteiger partial charge >= 0.3 is 0 Å². The molecular weight excluding hydrogens is 254 g/mol. The van der Waals surface area contributed by atoms with E-state index < -0.39 is 0 Å². The van der Waals surface area contributed by atoms with Crippen molar-refractivity contribution < 1.29 is 0 Å². The van der Waals surface area contributed by atoms with Gasteiger partial charge in [0.05, 0.1) is 0 Å². The minimum atomic E-state index is 0.825. The highest BCUT2D eigenvalue weighted by molar-refractivity contribution is 5.28. The zero-order valence-electron chi connectivity index (χ0n) is 13.6. The molecule has 0 spiro atoms. The van der Waals surface area contributed by atoms with Gasteiger partial charge < -0.3 is 0 Å². The Morgan fingerprint density at radius 1 is 1.10 bits per heavy atom. The fourth-order valence-electron chi connectivity index (χ4n) is 5.56. The summed E-state index contributed by atoms with van der Waals surface area (Å²) in [6.45, 7) is 5.94. The minimum Gasteiger partial charge on any atom is -0.297 e. The predicted octanol–water partition coefficient (Wildman–Crippen LogP) is 4.75. The molecule has 0 saturated carbocycles. The average molecular weight is 283 g/mol. The first kappa shape index (κ1) is 13.8. The summed E-state index contributed by atoms with van der Waals surface area (Å²) in [5, 5.41) is 0. The Hall–Kier alpha value is -0.820. The molecule has 1 aromatic carbocycles. The fourth-order valence-corrected chi connectivity index (χ4v) is 5.56. The maximum absolute atomic E-state index is 2.90. The number of rotatable bonds is 4. The maximum atomic E-state index is 2.90. The summed E-state index contributed by atoms with van der Waals surface area (Å²) in [5.41, 5.74) is 3.02. The van der Waals surface area contributed by atoms with Gasteiger partial charge in [0, 0.05) is 12.1 Å². The van der Waals surface area contributed by atoms with Crippen LogP contribution in [0, 0.1) is 18.8 Å². The largest absolute Gasteiger partial charge is 0.297 e. The van der Waals surface area contributed by atoms with Crippen LogP contribution in [0.5, 0.6) is 0 Å². The van der Waals surface area contributed by atoms with E-state index in [1.807, 2.05) is 0 Å². The van der Waals surface area contributed by atoms with Crippen LogP contribution in [0.25, 0.3) is 0 Å². The predicted molar refractivity (Wildman–Crippen MR) is 88.6 cm³/mol. The summed E-state index contributed by atoms with van der Waals surface area (Å²) in [6.07, 6.45) is 8.60. The van der Waals surface area contributed by atoms with Gasteiger partial charge in [0.1, 0.15) is 0 Å². The van der Waals surface area contributed by atoms with Crippen LogP contribution in [0.15, 0.2) is 24.3 Å². The van der Waals surface area contributed by atoms with E-state index in [4.69, 9.17) is 0 Å². The van der Waals surface area contributed by atoms with Gasteiger partial charge in [0.25, 0.3) is 0 Å². The lowest BCUT2D eigenvalue weighted by Crippen LogP contribution is -2.46. The molecular formula is C20H29N. The summed E-state index contributed by atoms with van der Waals surface area (Å²) < 4.78 is 0. The molecule has 3 aliphatic rings.